The number of alkyl halides is 3. The lowest BCUT2D eigenvalue weighted by molar-refractivity contribution is -0.137. The summed E-state index contributed by atoms with van der Waals surface area (Å²) in [6.45, 7) is 1.14. The molecule has 0 bridgehead atoms. The van der Waals surface area contributed by atoms with Gasteiger partial charge in [0.1, 0.15) is 5.82 Å². The highest BCUT2D eigenvalue weighted by Gasteiger charge is 2.33. The van der Waals surface area contributed by atoms with Gasteiger partial charge in [-0.2, -0.15) is 13.2 Å². The van der Waals surface area contributed by atoms with Crippen molar-refractivity contribution in [2.75, 3.05) is 19.6 Å². The van der Waals surface area contributed by atoms with Gasteiger partial charge < -0.3 is 10.6 Å². The Balaban J connectivity index is 0.00000220. The molecular weight excluding hydrogens is 312 g/mol. The number of nitrogens with two attached hydrogens (primary N) is 1. The number of likely N-dealkylation sites (tertiary alicyclic amines) is 1. The second kappa shape index (κ2) is 6.62. The van der Waals surface area contributed by atoms with Crippen LogP contribution in [0.2, 0.25) is 0 Å². The van der Waals surface area contributed by atoms with E-state index < -0.39 is 29.0 Å². The predicted molar refractivity (Wildman–Crippen MR) is 71.7 cm³/mol. The second-order valence-electron chi connectivity index (χ2n) is 4.83. The van der Waals surface area contributed by atoms with E-state index in [-0.39, 0.29) is 18.3 Å². The van der Waals surface area contributed by atoms with Crippen LogP contribution in [0.15, 0.2) is 18.2 Å². The Bertz CT molecular complexity index is 521. The van der Waals surface area contributed by atoms with Crippen LogP contribution in [-0.2, 0) is 6.18 Å². The molecule has 0 aliphatic carbocycles. The lowest BCUT2D eigenvalue weighted by Crippen LogP contribution is -2.30. The van der Waals surface area contributed by atoms with Gasteiger partial charge in [0.15, 0.2) is 0 Å². The van der Waals surface area contributed by atoms with E-state index in [1.807, 2.05) is 0 Å². The molecule has 1 fully saturated rings. The van der Waals surface area contributed by atoms with Gasteiger partial charge in [-0.25, -0.2) is 4.39 Å². The summed E-state index contributed by atoms with van der Waals surface area (Å²) in [5.74, 6) is -1.54. The Kier molecular flexibility index (Phi) is 5.58. The first kappa shape index (κ1) is 17.7. The fraction of sp³-hybridized carbons (Fsp3) is 0.462. The van der Waals surface area contributed by atoms with Crippen LogP contribution in [0.5, 0.6) is 0 Å². The summed E-state index contributed by atoms with van der Waals surface area (Å²) in [4.78, 5) is 13.4. The largest absolute Gasteiger partial charge is 0.416 e. The number of nitrogens with zero attached hydrogens (tertiary/aromatic N) is 1. The maximum atomic E-state index is 13.6. The van der Waals surface area contributed by atoms with Crippen molar-refractivity contribution in [2.24, 2.45) is 11.7 Å². The highest BCUT2D eigenvalue weighted by Crippen LogP contribution is 2.31. The molecule has 0 saturated carbocycles. The van der Waals surface area contributed by atoms with Crippen LogP contribution in [0.25, 0.3) is 0 Å². The molecule has 1 aliphatic heterocycles. The SMILES string of the molecule is Cl.NCC1CCN(C(=O)c2cc(C(F)(F)F)ccc2F)C1. The van der Waals surface area contributed by atoms with Crippen molar-refractivity contribution >= 4 is 18.3 Å². The summed E-state index contributed by atoms with van der Waals surface area (Å²) in [5.41, 5.74) is 3.91. The first-order valence-electron chi connectivity index (χ1n) is 6.19. The van der Waals surface area contributed by atoms with E-state index in [4.69, 9.17) is 5.73 Å². The second-order valence-corrected chi connectivity index (χ2v) is 4.83. The van der Waals surface area contributed by atoms with E-state index in [1.165, 1.54) is 4.90 Å². The van der Waals surface area contributed by atoms with Crippen LogP contribution < -0.4 is 5.73 Å². The molecule has 1 aliphatic rings. The molecule has 118 valence electrons. The Morgan fingerprint density at radius 3 is 2.57 bits per heavy atom. The summed E-state index contributed by atoms with van der Waals surface area (Å²) in [6, 6.07) is 1.86. The molecule has 0 spiro atoms. The van der Waals surface area contributed by atoms with Gasteiger partial charge in [0, 0.05) is 13.1 Å². The average Bonchev–Trinajstić information content (AvgIpc) is 2.86. The van der Waals surface area contributed by atoms with E-state index in [1.54, 1.807) is 0 Å². The summed E-state index contributed by atoms with van der Waals surface area (Å²) < 4.78 is 51.4. The van der Waals surface area contributed by atoms with Crippen molar-refractivity contribution in [3.05, 3.63) is 35.1 Å². The molecular formula is C13H15ClF4N2O. The number of benzene rings is 1. The normalized spacial score (nSPS) is 18.5. The highest BCUT2D eigenvalue weighted by molar-refractivity contribution is 5.94. The molecule has 1 amide bonds. The smallest absolute Gasteiger partial charge is 0.338 e. The van der Waals surface area contributed by atoms with E-state index in [0.29, 0.717) is 44.3 Å². The summed E-state index contributed by atoms with van der Waals surface area (Å²) in [7, 11) is 0. The predicted octanol–water partition coefficient (Wildman–Crippen LogP) is 2.69. The molecule has 1 aromatic carbocycles. The molecule has 2 N–H and O–H groups in total. The molecule has 1 aromatic rings. The molecule has 3 nitrogen and oxygen atoms in total. The van der Waals surface area contributed by atoms with Crippen molar-refractivity contribution in [3.63, 3.8) is 0 Å². The van der Waals surface area contributed by atoms with Crippen molar-refractivity contribution in [3.8, 4) is 0 Å². The topological polar surface area (TPSA) is 46.3 Å². The summed E-state index contributed by atoms with van der Waals surface area (Å²) in [5, 5.41) is 0. The van der Waals surface area contributed by atoms with Gasteiger partial charge in [0.25, 0.3) is 5.91 Å². The fourth-order valence-corrected chi connectivity index (χ4v) is 2.25. The van der Waals surface area contributed by atoms with Crippen LogP contribution in [0.1, 0.15) is 22.3 Å². The molecule has 8 heteroatoms. The van der Waals surface area contributed by atoms with E-state index >= 15 is 0 Å². The standard InChI is InChI=1S/C13H14F4N2O.ClH/c14-11-2-1-9(13(15,16)17)5-10(11)12(20)19-4-3-8(6-18)7-19;/h1-2,5,8H,3-4,6-7,18H2;1H. The van der Waals surface area contributed by atoms with Gasteiger partial charge in [0.05, 0.1) is 11.1 Å². The first-order chi connectivity index (χ1) is 9.32. The van der Waals surface area contributed by atoms with Gasteiger partial charge in [-0.05, 0) is 37.1 Å². The number of rotatable bonds is 2. The van der Waals surface area contributed by atoms with Crippen molar-refractivity contribution < 1.29 is 22.4 Å². The summed E-state index contributed by atoms with van der Waals surface area (Å²) in [6.07, 6.45) is -3.92. The number of hydrogen-bond acceptors (Lipinski definition) is 2. The molecule has 1 saturated heterocycles. The van der Waals surface area contributed by atoms with Crippen molar-refractivity contribution in [1.82, 2.24) is 4.90 Å². The zero-order chi connectivity index (χ0) is 14.9. The van der Waals surface area contributed by atoms with E-state index in [2.05, 4.69) is 0 Å². The zero-order valence-electron chi connectivity index (χ0n) is 11.0. The van der Waals surface area contributed by atoms with E-state index in [0.717, 1.165) is 0 Å². The summed E-state index contributed by atoms with van der Waals surface area (Å²) >= 11 is 0. The average molecular weight is 327 g/mol. The third kappa shape index (κ3) is 3.85. The van der Waals surface area contributed by atoms with Gasteiger partial charge in [0.2, 0.25) is 0 Å². The zero-order valence-corrected chi connectivity index (χ0v) is 11.8. The van der Waals surface area contributed by atoms with Crippen LogP contribution in [0, 0.1) is 11.7 Å². The van der Waals surface area contributed by atoms with Crippen LogP contribution >= 0.6 is 12.4 Å². The van der Waals surface area contributed by atoms with Crippen LogP contribution in [0.4, 0.5) is 17.6 Å². The van der Waals surface area contributed by atoms with E-state index in [9.17, 15) is 22.4 Å². The molecule has 21 heavy (non-hydrogen) atoms. The third-order valence-corrected chi connectivity index (χ3v) is 3.43. The minimum absolute atomic E-state index is 0. The maximum Gasteiger partial charge on any atom is 0.416 e. The number of carbonyl (C=O) groups excluding carboxylic acids is 1. The Morgan fingerprint density at radius 1 is 1.38 bits per heavy atom. The van der Waals surface area contributed by atoms with Gasteiger partial charge in [-0.1, -0.05) is 0 Å². The molecule has 1 heterocycles. The van der Waals surface area contributed by atoms with Gasteiger partial charge in [-0.15, -0.1) is 12.4 Å². The Morgan fingerprint density at radius 2 is 2.05 bits per heavy atom. The van der Waals surface area contributed by atoms with Crippen molar-refractivity contribution in [1.29, 1.82) is 0 Å². The molecule has 2 rings (SSSR count). The van der Waals surface area contributed by atoms with Crippen LogP contribution in [0.3, 0.4) is 0 Å². The number of amides is 1. The molecule has 1 atom stereocenters. The minimum Gasteiger partial charge on any atom is -0.338 e. The highest BCUT2D eigenvalue weighted by atomic mass is 35.5. The van der Waals surface area contributed by atoms with Gasteiger partial charge in [-0.3, -0.25) is 4.79 Å². The first-order valence-corrected chi connectivity index (χ1v) is 6.19. The Labute approximate surface area is 125 Å². The maximum absolute atomic E-state index is 13.6. The quantitative estimate of drug-likeness (QED) is 0.849. The third-order valence-electron chi connectivity index (χ3n) is 3.43. The lowest BCUT2D eigenvalue weighted by atomic mass is 10.1. The molecule has 0 aromatic heterocycles. The van der Waals surface area contributed by atoms with Gasteiger partial charge >= 0.3 is 6.18 Å². The fourth-order valence-electron chi connectivity index (χ4n) is 2.25. The van der Waals surface area contributed by atoms with Crippen molar-refractivity contribution in [2.45, 2.75) is 12.6 Å². The number of hydrogen-bond donors (Lipinski definition) is 1. The Hall–Kier alpha value is -1.34. The van der Waals surface area contributed by atoms with Crippen LogP contribution in [-0.4, -0.2) is 30.4 Å². The minimum atomic E-state index is -4.60. The number of halogens is 5. The lowest BCUT2D eigenvalue weighted by Gasteiger charge is -2.17. The number of carbonyl (C=O) groups is 1. The monoisotopic (exact) mass is 326 g/mol. The molecule has 1 unspecified atom stereocenters. The molecule has 0 radical (unpaired) electrons.